The number of benzene rings is 1. The van der Waals surface area contributed by atoms with E-state index in [1.54, 1.807) is 12.4 Å². The van der Waals surface area contributed by atoms with Crippen molar-refractivity contribution < 1.29 is 4.79 Å². The predicted octanol–water partition coefficient (Wildman–Crippen LogP) is 4.21. The molecule has 0 radical (unpaired) electrons. The smallest absolute Gasteiger partial charge is 0.230 e. The molecule has 1 aromatic carbocycles. The summed E-state index contributed by atoms with van der Waals surface area (Å²) in [6.07, 6.45) is 6.81. The molecule has 1 saturated carbocycles. The van der Waals surface area contributed by atoms with Crippen LogP contribution in [-0.2, 0) is 11.2 Å². The van der Waals surface area contributed by atoms with Crippen LogP contribution in [0.4, 0.5) is 0 Å². The van der Waals surface area contributed by atoms with Gasteiger partial charge >= 0.3 is 0 Å². The van der Waals surface area contributed by atoms with Crippen molar-refractivity contribution in [3.05, 3.63) is 59.9 Å². The molecule has 2 aromatic heterocycles. The molecular formula is C22H25N5OS. The summed E-state index contributed by atoms with van der Waals surface area (Å²) < 4.78 is 2.15. The molecule has 7 heteroatoms. The van der Waals surface area contributed by atoms with E-state index in [1.807, 2.05) is 19.1 Å². The van der Waals surface area contributed by atoms with Gasteiger partial charge in [0.15, 0.2) is 11.0 Å². The predicted molar refractivity (Wildman–Crippen MR) is 115 cm³/mol. The number of pyridine rings is 1. The van der Waals surface area contributed by atoms with Crippen LogP contribution in [0.1, 0.15) is 49.9 Å². The maximum absolute atomic E-state index is 12.5. The lowest BCUT2D eigenvalue weighted by atomic mass is 10.1. The van der Waals surface area contributed by atoms with Gasteiger partial charge in [-0.2, -0.15) is 0 Å². The maximum atomic E-state index is 12.5. The van der Waals surface area contributed by atoms with Crippen LogP contribution in [0.2, 0.25) is 0 Å². The number of amides is 1. The third-order valence-electron chi connectivity index (χ3n) is 5.09. The first kappa shape index (κ1) is 19.6. The maximum Gasteiger partial charge on any atom is 0.230 e. The average molecular weight is 408 g/mol. The zero-order chi connectivity index (χ0) is 20.2. The van der Waals surface area contributed by atoms with Crippen LogP contribution in [0.25, 0.3) is 11.4 Å². The Hall–Kier alpha value is -2.67. The molecule has 1 atom stereocenters. The van der Waals surface area contributed by atoms with Crippen molar-refractivity contribution in [1.29, 1.82) is 0 Å². The summed E-state index contributed by atoms with van der Waals surface area (Å²) >= 11 is 1.44. The van der Waals surface area contributed by atoms with Crippen molar-refractivity contribution in [2.75, 3.05) is 5.75 Å². The van der Waals surface area contributed by atoms with Crippen LogP contribution in [0.5, 0.6) is 0 Å². The van der Waals surface area contributed by atoms with Crippen molar-refractivity contribution in [3.63, 3.8) is 0 Å². The number of nitrogens with zero attached hydrogens (tertiary/aromatic N) is 4. The van der Waals surface area contributed by atoms with Crippen molar-refractivity contribution in [2.24, 2.45) is 0 Å². The number of aryl methyl sites for hydroxylation is 1. The van der Waals surface area contributed by atoms with Crippen LogP contribution in [-0.4, -0.2) is 31.4 Å². The van der Waals surface area contributed by atoms with Gasteiger partial charge in [-0.25, -0.2) is 0 Å². The fourth-order valence-corrected chi connectivity index (χ4v) is 4.08. The molecule has 1 aliphatic rings. The van der Waals surface area contributed by atoms with E-state index in [9.17, 15) is 4.79 Å². The van der Waals surface area contributed by atoms with Gasteiger partial charge in [-0.1, -0.05) is 43.0 Å². The Morgan fingerprint density at radius 1 is 1.24 bits per heavy atom. The molecule has 1 fully saturated rings. The van der Waals surface area contributed by atoms with Crippen molar-refractivity contribution >= 4 is 17.7 Å². The largest absolute Gasteiger partial charge is 0.349 e. The average Bonchev–Trinajstić information content (AvgIpc) is 3.51. The van der Waals surface area contributed by atoms with Gasteiger partial charge in [-0.15, -0.1) is 10.2 Å². The molecule has 150 valence electrons. The van der Waals surface area contributed by atoms with Crippen LogP contribution in [0.3, 0.4) is 0 Å². The highest BCUT2D eigenvalue weighted by Crippen LogP contribution is 2.40. The van der Waals surface area contributed by atoms with Crippen LogP contribution in [0, 0.1) is 0 Å². The zero-order valence-corrected chi connectivity index (χ0v) is 17.5. The highest BCUT2D eigenvalue weighted by molar-refractivity contribution is 7.99. The number of carbonyl (C=O) groups excluding carboxylic acids is 1. The number of aromatic nitrogens is 4. The Labute approximate surface area is 175 Å². The Kier molecular flexibility index (Phi) is 5.94. The quantitative estimate of drug-likeness (QED) is 0.567. The topological polar surface area (TPSA) is 72.7 Å². The first-order chi connectivity index (χ1) is 14.2. The SMILES string of the molecule is CCc1ccc([C@H](C)NC(=O)CSc2nnc(-c3cccnc3)n2C2CC2)cc1. The first-order valence-electron chi connectivity index (χ1n) is 10.0. The number of hydrogen-bond acceptors (Lipinski definition) is 5. The zero-order valence-electron chi connectivity index (χ0n) is 16.7. The van der Waals surface area contributed by atoms with Crippen LogP contribution < -0.4 is 5.32 Å². The van der Waals surface area contributed by atoms with Gasteiger partial charge in [-0.05, 0) is 49.4 Å². The lowest BCUT2D eigenvalue weighted by Crippen LogP contribution is -2.28. The summed E-state index contributed by atoms with van der Waals surface area (Å²) in [5.41, 5.74) is 3.36. The number of hydrogen-bond donors (Lipinski definition) is 1. The Balaban J connectivity index is 1.40. The van der Waals surface area contributed by atoms with Gasteiger partial charge in [0.05, 0.1) is 11.8 Å². The van der Waals surface area contributed by atoms with Gasteiger partial charge < -0.3 is 5.32 Å². The normalized spacial score (nSPS) is 14.6. The molecule has 3 aromatic rings. The highest BCUT2D eigenvalue weighted by atomic mass is 32.2. The molecule has 2 heterocycles. The third-order valence-corrected chi connectivity index (χ3v) is 6.04. The molecule has 6 nitrogen and oxygen atoms in total. The van der Waals surface area contributed by atoms with Crippen LogP contribution >= 0.6 is 11.8 Å². The number of rotatable bonds is 8. The molecule has 0 unspecified atom stereocenters. The third kappa shape index (κ3) is 4.67. The number of thioether (sulfide) groups is 1. The second kappa shape index (κ2) is 8.78. The van der Waals surface area contributed by atoms with Crippen molar-refractivity contribution in [2.45, 2.75) is 50.4 Å². The first-order valence-corrected chi connectivity index (χ1v) is 11.0. The molecular weight excluding hydrogens is 382 g/mol. The van der Waals surface area contributed by atoms with E-state index < -0.39 is 0 Å². The van der Waals surface area contributed by atoms with Gasteiger partial charge in [0.1, 0.15) is 0 Å². The Morgan fingerprint density at radius 3 is 2.69 bits per heavy atom. The Morgan fingerprint density at radius 2 is 2.03 bits per heavy atom. The van der Waals surface area contributed by atoms with E-state index in [4.69, 9.17) is 0 Å². The molecule has 0 bridgehead atoms. The van der Waals surface area contributed by atoms with E-state index in [0.29, 0.717) is 11.8 Å². The molecule has 1 N–H and O–H groups in total. The minimum atomic E-state index is -0.0266. The van der Waals surface area contributed by atoms with E-state index in [2.05, 4.69) is 56.3 Å². The standard InChI is InChI=1S/C22H25N5OS/c1-3-16-6-8-17(9-7-16)15(2)24-20(28)14-29-22-26-25-21(27(22)19-10-11-19)18-5-4-12-23-13-18/h4-9,12-13,15,19H,3,10-11,14H2,1-2H3,(H,24,28)/t15-/m0/s1. The molecule has 4 rings (SSSR count). The van der Waals surface area contributed by atoms with Crippen molar-refractivity contribution in [3.8, 4) is 11.4 Å². The summed E-state index contributed by atoms with van der Waals surface area (Å²) in [5.74, 6) is 1.14. The summed E-state index contributed by atoms with van der Waals surface area (Å²) in [7, 11) is 0. The fraction of sp³-hybridized carbons (Fsp3) is 0.364. The Bertz CT molecular complexity index is 967. The number of carbonyl (C=O) groups is 1. The molecule has 1 aliphatic carbocycles. The van der Waals surface area contributed by atoms with E-state index >= 15 is 0 Å². The van der Waals surface area contributed by atoms with E-state index in [1.165, 1.54) is 17.3 Å². The summed E-state index contributed by atoms with van der Waals surface area (Å²) in [6, 6.07) is 12.7. The second-order valence-corrected chi connectivity index (χ2v) is 8.26. The summed E-state index contributed by atoms with van der Waals surface area (Å²) in [5, 5.41) is 12.6. The molecule has 0 spiro atoms. The minimum absolute atomic E-state index is 0.00431. The van der Waals surface area contributed by atoms with Gasteiger partial charge in [0, 0.05) is 24.0 Å². The van der Waals surface area contributed by atoms with Crippen LogP contribution in [0.15, 0.2) is 53.9 Å². The molecule has 0 saturated heterocycles. The summed E-state index contributed by atoms with van der Waals surface area (Å²) in [6.45, 7) is 4.15. The number of nitrogens with one attached hydrogen (secondary N) is 1. The van der Waals surface area contributed by atoms with Crippen molar-refractivity contribution in [1.82, 2.24) is 25.1 Å². The molecule has 1 amide bonds. The molecule has 29 heavy (non-hydrogen) atoms. The fourth-order valence-electron chi connectivity index (χ4n) is 3.27. The minimum Gasteiger partial charge on any atom is -0.349 e. The lowest BCUT2D eigenvalue weighted by molar-refractivity contribution is -0.119. The highest BCUT2D eigenvalue weighted by Gasteiger charge is 2.30. The van der Waals surface area contributed by atoms with Gasteiger partial charge in [0.25, 0.3) is 0 Å². The monoisotopic (exact) mass is 407 g/mol. The lowest BCUT2D eigenvalue weighted by Gasteiger charge is -2.15. The van der Waals surface area contributed by atoms with Gasteiger partial charge in [-0.3, -0.25) is 14.3 Å². The van der Waals surface area contributed by atoms with E-state index in [-0.39, 0.29) is 11.9 Å². The molecule has 0 aliphatic heterocycles. The summed E-state index contributed by atoms with van der Waals surface area (Å²) in [4.78, 5) is 16.7. The van der Waals surface area contributed by atoms with Gasteiger partial charge in [0.2, 0.25) is 5.91 Å². The second-order valence-electron chi connectivity index (χ2n) is 7.32. The van der Waals surface area contributed by atoms with E-state index in [0.717, 1.165) is 41.4 Å².